The quantitative estimate of drug-likeness (QED) is 0.905. The Labute approximate surface area is 119 Å². The fourth-order valence-corrected chi connectivity index (χ4v) is 4.32. The molecule has 0 amide bonds. The van der Waals surface area contributed by atoms with Gasteiger partial charge in [0.1, 0.15) is 10.7 Å². The summed E-state index contributed by atoms with van der Waals surface area (Å²) in [6.45, 7) is 3.24. The molecular formula is C14H21FN2O2S. The molecule has 0 aliphatic carbocycles. The van der Waals surface area contributed by atoms with Gasteiger partial charge in [-0.2, -0.15) is 4.31 Å². The molecule has 20 heavy (non-hydrogen) atoms. The number of halogens is 1. The van der Waals surface area contributed by atoms with Crippen molar-refractivity contribution >= 4 is 10.0 Å². The average molecular weight is 300 g/mol. The smallest absolute Gasteiger partial charge is 0.246 e. The maximum atomic E-state index is 13.9. The van der Waals surface area contributed by atoms with Crippen molar-refractivity contribution in [1.29, 1.82) is 0 Å². The molecule has 2 rings (SSSR count). The summed E-state index contributed by atoms with van der Waals surface area (Å²) in [4.78, 5) is -0.252. The zero-order valence-electron chi connectivity index (χ0n) is 11.7. The maximum Gasteiger partial charge on any atom is 0.246 e. The standard InChI is InChI=1S/C14H21FN2O2S/c1-2-3-11-6-7-17(10-11)20(18,19)14-8-12(9-16)4-5-13(14)15/h4-5,8,11H,2-3,6-7,9-10,16H2,1H3. The largest absolute Gasteiger partial charge is 0.326 e. The van der Waals surface area contributed by atoms with Crippen LogP contribution in [0.15, 0.2) is 23.1 Å². The molecule has 112 valence electrons. The Morgan fingerprint density at radius 1 is 1.45 bits per heavy atom. The molecular weight excluding hydrogens is 279 g/mol. The van der Waals surface area contributed by atoms with Crippen LogP contribution in [0.2, 0.25) is 0 Å². The summed E-state index contributed by atoms with van der Waals surface area (Å²) in [5.41, 5.74) is 6.12. The first-order chi connectivity index (χ1) is 9.48. The first-order valence-corrected chi connectivity index (χ1v) is 8.41. The summed E-state index contributed by atoms with van der Waals surface area (Å²) < 4.78 is 40.3. The van der Waals surface area contributed by atoms with E-state index in [0.29, 0.717) is 24.6 Å². The molecule has 0 radical (unpaired) electrons. The number of rotatable bonds is 5. The van der Waals surface area contributed by atoms with E-state index in [0.717, 1.165) is 19.3 Å². The molecule has 1 saturated heterocycles. The number of nitrogens with two attached hydrogens (primary N) is 1. The zero-order chi connectivity index (χ0) is 14.8. The van der Waals surface area contributed by atoms with Gasteiger partial charge in [-0.3, -0.25) is 0 Å². The molecule has 0 bridgehead atoms. The van der Waals surface area contributed by atoms with E-state index in [1.807, 2.05) is 0 Å². The van der Waals surface area contributed by atoms with Gasteiger partial charge in [-0.25, -0.2) is 12.8 Å². The van der Waals surface area contributed by atoms with E-state index in [2.05, 4.69) is 6.92 Å². The Kier molecular flexibility index (Phi) is 4.78. The monoisotopic (exact) mass is 300 g/mol. The molecule has 1 fully saturated rings. The third kappa shape index (κ3) is 3.02. The van der Waals surface area contributed by atoms with Crippen LogP contribution >= 0.6 is 0 Å². The Balaban J connectivity index is 2.27. The van der Waals surface area contributed by atoms with Gasteiger partial charge in [0.15, 0.2) is 0 Å². The highest BCUT2D eigenvalue weighted by molar-refractivity contribution is 7.89. The molecule has 0 aromatic heterocycles. The van der Waals surface area contributed by atoms with Crippen LogP contribution in [0, 0.1) is 11.7 Å². The van der Waals surface area contributed by atoms with E-state index in [1.165, 1.54) is 22.5 Å². The van der Waals surface area contributed by atoms with Crippen molar-refractivity contribution in [1.82, 2.24) is 4.31 Å². The number of nitrogens with zero attached hydrogens (tertiary/aromatic N) is 1. The molecule has 1 aromatic rings. The van der Waals surface area contributed by atoms with Crippen molar-refractivity contribution in [3.63, 3.8) is 0 Å². The lowest BCUT2D eigenvalue weighted by molar-refractivity contribution is 0.440. The third-order valence-corrected chi connectivity index (χ3v) is 5.67. The molecule has 1 unspecified atom stereocenters. The lowest BCUT2D eigenvalue weighted by atomic mass is 10.0. The second-order valence-corrected chi connectivity index (χ2v) is 7.18. The molecule has 6 heteroatoms. The number of sulfonamides is 1. The molecule has 4 nitrogen and oxygen atoms in total. The normalized spacial score (nSPS) is 20.4. The molecule has 1 aliphatic rings. The van der Waals surface area contributed by atoms with E-state index in [9.17, 15) is 12.8 Å². The second-order valence-electron chi connectivity index (χ2n) is 5.28. The first-order valence-electron chi connectivity index (χ1n) is 6.97. The van der Waals surface area contributed by atoms with Crippen LogP contribution in [0.25, 0.3) is 0 Å². The minimum atomic E-state index is -3.75. The van der Waals surface area contributed by atoms with Crippen LogP contribution in [0.3, 0.4) is 0 Å². The minimum absolute atomic E-state index is 0.196. The van der Waals surface area contributed by atoms with E-state index < -0.39 is 15.8 Å². The second kappa shape index (κ2) is 6.20. The maximum absolute atomic E-state index is 13.9. The van der Waals surface area contributed by atoms with Gasteiger partial charge in [0, 0.05) is 19.6 Å². The molecule has 0 spiro atoms. The van der Waals surface area contributed by atoms with Crippen LogP contribution in [-0.2, 0) is 16.6 Å². The number of benzene rings is 1. The Hall–Kier alpha value is -0.980. The summed E-state index contributed by atoms with van der Waals surface area (Å²) in [5.74, 6) is -0.323. The van der Waals surface area contributed by atoms with Crippen LogP contribution in [-0.4, -0.2) is 25.8 Å². The fourth-order valence-electron chi connectivity index (χ4n) is 2.67. The van der Waals surface area contributed by atoms with Crippen LogP contribution < -0.4 is 5.73 Å². The molecule has 2 N–H and O–H groups in total. The Morgan fingerprint density at radius 2 is 2.20 bits per heavy atom. The van der Waals surface area contributed by atoms with E-state index in [1.54, 1.807) is 0 Å². The van der Waals surface area contributed by atoms with E-state index >= 15 is 0 Å². The van der Waals surface area contributed by atoms with Gasteiger partial charge in [0.25, 0.3) is 0 Å². The van der Waals surface area contributed by atoms with Gasteiger partial charge >= 0.3 is 0 Å². The SMILES string of the molecule is CCCC1CCN(S(=O)(=O)c2cc(CN)ccc2F)C1. The Morgan fingerprint density at radius 3 is 2.85 bits per heavy atom. The predicted molar refractivity (Wildman–Crippen MR) is 76.1 cm³/mol. The lowest BCUT2D eigenvalue weighted by Crippen LogP contribution is -2.29. The summed E-state index contributed by atoms with van der Waals surface area (Å²) in [5, 5.41) is 0. The van der Waals surface area contributed by atoms with Gasteiger partial charge in [-0.1, -0.05) is 19.4 Å². The summed E-state index contributed by atoms with van der Waals surface area (Å²) in [6, 6.07) is 4.03. The summed E-state index contributed by atoms with van der Waals surface area (Å²) in [6.07, 6.45) is 2.90. The van der Waals surface area contributed by atoms with Gasteiger partial charge in [0.05, 0.1) is 0 Å². The van der Waals surface area contributed by atoms with Crippen molar-refractivity contribution < 1.29 is 12.8 Å². The highest BCUT2D eigenvalue weighted by Gasteiger charge is 2.33. The van der Waals surface area contributed by atoms with Crippen LogP contribution in [0.1, 0.15) is 31.7 Å². The Bertz CT molecular complexity index is 575. The molecule has 1 aliphatic heterocycles. The van der Waals surface area contributed by atoms with Crippen molar-refractivity contribution in [3.8, 4) is 0 Å². The van der Waals surface area contributed by atoms with E-state index in [4.69, 9.17) is 5.73 Å². The molecule has 1 heterocycles. The molecule has 1 atom stereocenters. The first kappa shape index (κ1) is 15.4. The van der Waals surface area contributed by atoms with Gasteiger partial charge in [-0.15, -0.1) is 0 Å². The van der Waals surface area contributed by atoms with Crippen molar-refractivity contribution in [2.24, 2.45) is 11.7 Å². The molecule has 0 saturated carbocycles. The third-order valence-electron chi connectivity index (χ3n) is 3.79. The van der Waals surface area contributed by atoms with E-state index in [-0.39, 0.29) is 11.4 Å². The minimum Gasteiger partial charge on any atom is -0.326 e. The highest BCUT2D eigenvalue weighted by Crippen LogP contribution is 2.28. The van der Waals surface area contributed by atoms with Crippen LogP contribution in [0.4, 0.5) is 4.39 Å². The van der Waals surface area contributed by atoms with Crippen molar-refractivity contribution in [2.45, 2.75) is 37.6 Å². The highest BCUT2D eigenvalue weighted by atomic mass is 32.2. The number of hydrogen-bond donors (Lipinski definition) is 1. The lowest BCUT2D eigenvalue weighted by Gasteiger charge is -2.17. The van der Waals surface area contributed by atoms with Crippen LogP contribution in [0.5, 0.6) is 0 Å². The number of hydrogen-bond acceptors (Lipinski definition) is 3. The zero-order valence-corrected chi connectivity index (χ0v) is 12.5. The molecule has 1 aromatic carbocycles. The predicted octanol–water partition coefficient (Wildman–Crippen LogP) is 2.10. The topological polar surface area (TPSA) is 63.4 Å². The summed E-state index contributed by atoms with van der Waals surface area (Å²) in [7, 11) is -3.75. The van der Waals surface area contributed by atoms with Gasteiger partial charge < -0.3 is 5.73 Å². The van der Waals surface area contributed by atoms with Crippen molar-refractivity contribution in [3.05, 3.63) is 29.6 Å². The fraction of sp³-hybridized carbons (Fsp3) is 0.571. The summed E-state index contributed by atoms with van der Waals surface area (Å²) >= 11 is 0. The van der Waals surface area contributed by atoms with Gasteiger partial charge in [-0.05, 0) is 36.5 Å². The average Bonchev–Trinajstić information content (AvgIpc) is 2.89. The van der Waals surface area contributed by atoms with Crippen molar-refractivity contribution in [2.75, 3.05) is 13.1 Å². The van der Waals surface area contributed by atoms with Gasteiger partial charge in [0.2, 0.25) is 10.0 Å².